The van der Waals surface area contributed by atoms with Gasteiger partial charge in [0.2, 0.25) is 0 Å². The molecule has 0 saturated heterocycles. The summed E-state index contributed by atoms with van der Waals surface area (Å²) in [5, 5.41) is 1.16. The number of benzene rings is 3. The molecule has 27 heavy (non-hydrogen) atoms. The van der Waals surface area contributed by atoms with Crippen LogP contribution in [0.2, 0.25) is 0 Å². The van der Waals surface area contributed by atoms with Gasteiger partial charge in [-0.3, -0.25) is 0 Å². The molecule has 0 bridgehead atoms. The van der Waals surface area contributed by atoms with E-state index in [1.165, 1.54) is 21.6 Å². The van der Waals surface area contributed by atoms with E-state index in [1.807, 2.05) is 0 Å². The van der Waals surface area contributed by atoms with Crippen molar-refractivity contribution >= 4 is 36.7 Å². The van der Waals surface area contributed by atoms with Crippen molar-refractivity contribution in [2.24, 2.45) is 7.05 Å². The zero-order valence-corrected chi connectivity index (χ0v) is 17.9. The second-order valence-corrected chi connectivity index (χ2v) is 15.9. The molecule has 1 nitrogen and oxygen atoms in total. The normalized spacial score (nSPS) is 13.0. The van der Waals surface area contributed by atoms with Gasteiger partial charge in [0, 0.05) is 0 Å². The van der Waals surface area contributed by atoms with E-state index in [4.69, 9.17) is 0 Å². The van der Waals surface area contributed by atoms with Crippen LogP contribution in [-0.2, 0) is 13.2 Å². The molecule has 0 aliphatic carbocycles. The van der Waals surface area contributed by atoms with Crippen LogP contribution in [0.3, 0.4) is 0 Å². The first kappa shape index (κ1) is 18.2. The Morgan fingerprint density at radius 2 is 1.04 bits per heavy atom. The molecule has 0 fully saturated rings. The molecule has 0 N–H and O–H groups in total. The third-order valence-electron chi connectivity index (χ3n) is 5.39. The van der Waals surface area contributed by atoms with E-state index in [-0.39, 0.29) is 0 Å². The van der Waals surface area contributed by atoms with Crippen molar-refractivity contribution in [3.63, 3.8) is 0 Å². The molecule has 4 aromatic rings. The molecule has 0 unspecified atom stereocenters. The maximum absolute atomic E-state index is 4.49. The first-order valence-corrected chi connectivity index (χ1v) is 13.6. The zero-order chi connectivity index (χ0) is 18.8. The van der Waals surface area contributed by atoms with Crippen LogP contribution in [0.1, 0.15) is 5.69 Å². The van der Waals surface area contributed by atoms with Gasteiger partial charge >= 0.3 is 170 Å². The summed E-state index contributed by atoms with van der Waals surface area (Å²) in [5.74, 6) is 0. The van der Waals surface area contributed by atoms with Gasteiger partial charge in [-0.05, 0) is 0 Å². The number of halogens is 1. The molecule has 1 heterocycles. The number of rotatable bonds is 5. The molecule has 0 atom stereocenters. The van der Waals surface area contributed by atoms with Gasteiger partial charge in [-0.1, -0.05) is 0 Å². The maximum atomic E-state index is 4.49. The molecule has 0 aliphatic rings. The third-order valence-corrected chi connectivity index (χ3v) is 14.9. The molecule has 0 aliphatic heterocycles. The van der Waals surface area contributed by atoms with Gasteiger partial charge in [-0.25, -0.2) is 0 Å². The Morgan fingerprint density at radius 3 is 1.37 bits per heavy atom. The van der Waals surface area contributed by atoms with Crippen LogP contribution in [0.4, 0.5) is 0 Å². The van der Waals surface area contributed by atoms with Gasteiger partial charge in [-0.2, -0.15) is 0 Å². The van der Waals surface area contributed by atoms with Gasteiger partial charge in [0.25, 0.3) is 0 Å². The molecule has 1 aromatic heterocycles. The fourth-order valence-corrected chi connectivity index (χ4v) is 11.6. The first-order valence-electron chi connectivity index (χ1n) is 9.13. The van der Waals surface area contributed by atoms with Crippen molar-refractivity contribution in [2.45, 2.75) is 6.16 Å². The number of nitrogens with zero attached hydrogens (tertiary/aromatic N) is 1. The van der Waals surface area contributed by atoms with Crippen LogP contribution in [0, 0.1) is 0 Å². The molecular weight excluding hydrogens is 413 g/mol. The Bertz CT molecular complexity index is 926. The summed E-state index contributed by atoms with van der Waals surface area (Å²) in [6.45, 7) is 0. The SMILES string of the molecule is Cn1cccc1CP(Br)(c1ccccc1)(c1ccccc1)c1ccccc1. The predicted molar refractivity (Wildman–Crippen MR) is 123 cm³/mol. The van der Waals surface area contributed by atoms with Crippen molar-refractivity contribution in [1.82, 2.24) is 4.57 Å². The Balaban J connectivity index is 2.11. The van der Waals surface area contributed by atoms with Crippen LogP contribution >= 0.6 is 20.8 Å². The predicted octanol–water partition coefficient (Wildman–Crippen LogP) is 5.36. The van der Waals surface area contributed by atoms with Gasteiger partial charge in [0.15, 0.2) is 0 Å². The van der Waals surface area contributed by atoms with E-state index in [9.17, 15) is 0 Å². The second kappa shape index (κ2) is 7.11. The number of hydrogen-bond donors (Lipinski definition) is 0. The minimum atomic E-state index is -2.88. The molecule has 4 rings (SSSR count). The van der Waals surface area contributed by atoms with Crippen LogP contribution in [-0.4, -0.2) is 4.57 Å². The molecule has 3 heteroatoms. The first-order chi connectivity index (χ1) is 13.1. The summed E-state index contributed by atoms with van der Waals surface area (Å²) in [5.41, 5.74) is 1.32. The van der Waals surface area contributed by atoms with Crippen LogP contribution in [0.5, 0.6) is 0 Å². The van der Waals surface area contributed by atoms with Crippen molar-refractivity contribution in [3.8, 4) is 0 Å². The standard InChI is InChI=1S/C24H23BrNP/c1-26-19-11-12-21(26)20-27(25,22-13-5-2-6-14-22,23-15-7-3-8-16-23)24-17-9-4-10-18-24/h2-19H,20H2,1H3. The summed E-state index contributed by atoms with van der Waals surface area (Å²) in [7, 11) is 2.13. The van der Waals surface area contributed by atoms with Gasteiger partial charge in [0.1, 0.15) is 0 Å². The van der Waals surface area contributed by atoms with E-state index in [0.29, 0.717) is 0 Å². The molecule has 0 amide bonds. The summed E-state index contributed by atoms with van der Waals surface area (Å²) in [6.07, 6.45) is 3.05. The third kappa shape index (κ3) is 2.98. The summed E-state index contributed by atoms with van der Waals surface area (Å²) < 4.78 is 2.23. The van der Waals surface area contributed by atoms with Crippen molar-refractivity contribution in [3.05, 3.63) is 115 Å². The van der Waals surface area contributed by atoms with Gasteiger partial charge in [-0.15, -0.1) is 0 Å². The molecule has 0 spiro atoms. The topological polar surface area (TPSA) is 4.93 Å². The second-order valence-electron chi connectivity index (χ2n) is 6.96. The van der Waals surface area contributed by atoms with E-state index in [2.05, 4.69) is 136 Å². The summed E-state index contributed by atoms with van der Waals surface area (Å²) in [4.78, 5) is 0. The number of hydrogen-bond acceptors (Lipinski definition) is 0. The van der Waals surface area contributed by atoms with E-state index >= 15 is 0 Å². The average Bonchev–Trinajstić information content (AvgIpc) is 3.14. The molecule has 0 saturated carbocycles. The zero-order valence-electron chi connectivity index (χ0n) is 15.4. The fourth-order valence-electron chi connectivity index (χ4n) is 3.90. The molecule has 0 radical (unpaired) electrons. The molecular formula is C24H23BrNP. The Hall–Kier alpha value is -2.15. The average molecular weight is 436 g/mol. The van der Waals surface area contributed by atoms with E-state index in [1.54, 1.807) is 0 Å². The number of aryl methyl sites for hydroxylation is 1. The van der Waals surface area contributed by atoms with Crippen LogP contribution < -0.4 is 15.9 Å². The minimum absolute atomic E-state index is 0.924. The van der Waals surface area contributed by atoms with E-state index in [0.717, 1.165) is 6.16 Å². The Kier molecular flexibility index (Phi) is 4.80. The monoisotopic (exact) mass is 435 g/mol. The summed E-state index contributed by atoms with van der Waals surface area (Å²) >= 11 is 4.49. The van der Waals surface area contributed by atoms with Gasteiger partial charge in [0.05, 0.1) is 0 Å². The molecule has 3 aromatic carbocycles. The van der Waals surface area contributed by atoms with Crippen molar-refractivity contribution in [1.29, 1.82) is 0 Å². The quantitative estimate of drug-likeness (QED) is 0.371. The Morgan fingerprint density at radius 1 is 0.630 bits per heavy atom. The van der Waals surface area contributed by atoms with E-state index < -0.39 is 5.31 Å². The van der Waals surface area contributed by atoms with Crippen LogP contribution in [0.15, 0.2) is 109 Å². The molecule has 136 valence electrons. The van der Waals surface area contributed by atoms with Crippen LogP contribution in [0.25, 0.3) is 0 Å². The summed E-state index contributed by atoms with van der Waals surface area (Å²) in [6, 6.07) is 37.2. The Labute approximate surface area is 169 Å². The number of aromatic nitrogens is 1. The van der Waals surface area contributed by atoms with Crippen molar-refractivity contribution in [2.75, 3.05) is 0 Å². The fraction of sp³-hybridized carbons (Fsp3) is 0.0833. The van der Waals surface area contributed by atoms with Crippen molar-refractivity contribution < 1.29 is 0 Å². The van der Waals surface area contributed by atoms with Gasteiger partial charge < -0.3 is 0 Å².